The first-order valence-corrected chi connectivity index (χ1v) is 5.68. The van der Waals surface area contributed by atoms with E-state index < -0.39 is 6.10 Å². The van der Waals surface area contributed by atoms with Gasteiger partial charge in [0.2, 0.25) is 0 Å². The Hall–Kier alpha value is -0.680. The lowest BCUT2D eigenvalue weighted by Crippen LogP contribution is -2.01. The molecule has 0 aliphatic rings. The maximum atomic E-state index is 9.95. The van der Waals surface area contributed by atoms with Crippen LogP contribution in [0.4, 0.5) is 0 Å². The Bertz CT molecular complexity index is 461. The zero-order valence-corrected chi connectivity index (χ0v) is 9.72. The van der Waals surface area contributed by atoms with Crippen LogP contribution in [0.1, 0.15) is 17.4 Å². The fraction of sp³-hybridized carbons (Fsp3) is 0.111. The van der Waals surface area contributed by atoms with E-state index in [0.717, 1.165) is 0 Å². The molecule has 0 amide bonds. The predicted octanol–water partition coefficient (Wildman–Crippen LogP) is 2.93. The number of rotatable bonds is 2. The quantitative estimate of drug-likeness (QED) is 0.904. The minimum atomic E-state index is -0.880. The van der Waals surface area contributed by atoms with Gasteiger partial charge >= 0.3 is 0 Å². The van der Waals surface area contributed by atoms with Gasteiger partial charge in [-0.05, 0) is 17.6 Å². The van der Waals surface area contributed by atoms with E-state index in [0.29, 0.717) is 21.3 Å². The van der Waals surface area contributed by atoms with Gasteiger partial charge in [-0.3, -0.25) is 0 Å². The summed E-state index contributed by atoms with van der Waals surface area (Å²) in [6.45, 7) is 0. The van der Waals surface area contributed by atoms with Crippen LogP contribution in [0.2, 0.25) is 10.0 Å². The normalized spacial score (nSPS) is 12.7. The monoisotopic (exact) mass is 260 g/mol. The van der Waals surface area contributed by atoms with Crippen LogP contribution >= 0.6 is 34.7 Å². The minimum absolute atomic E-state index is 0.347. The summed E-state index contributed by atoms with van der Waals surface area (Å²) in [6.07, 6.45) is -0.880. The van der Waals surface area contributed by atoms with Gasteiger partial charge in [0.1, 0.15) is 11.8 Å². The molecule has 1 atom stereocenters. The zero-order chi connectivity index (χ0) is 10.8. The smallest absolute Gasteiger partial charge is 0.125 e. The molecule has 15 heavy (non-hydrogen) atoms. The minimum Gasteiger partial charge on any atom is -0.382 e. The van der Waals surface area contributed by atoms with Crippen LogP contribution in [0.5, 0.6) is 0 Å². The summed E-state index contributed by atoms with van der Waals surface area (Å²) in [5, 5.41) is 16.2. The van der Waals surface area contributed by atoms with Crippen molar-refractivity contribution in [2.45, 2.75) is 6.10 Å². The molecule has 2 rings (SSSR count). The number of nitrogens with zero attached hydrogens (tertiary/aromatic N) is 2. The average Bonchev–Trinajstić information content (AvgIpc) is 2.74. The van der Waals surface area contributed by atoms with Crippen molar-refractivity contribution in [3.8, 4) is 0 Å². The summed E-state index contributed by atoms with van der Waals surface area (Å²) in [4.78, 5) is 0. The first-order chi connectivity index (χ1) is 7.20. The Morgan fingerprint density at radius 2 is 2.13 bits per heavy atom. The Morgan fingerprint density at radius 3 is 2.80 bits per heavy atom. The summed E-state index contributed by atoms with van der Waals surface area (Å²) in [6, 6.07) is 5.10. The van der Waals surface area contributed by atoms with Crippen LogP contribution in [-0.4, -0.2) is 14.7 Å². The van der Waals surface area contributed by atoms with Crippen LogP contribution in [-0.2, 0) is 0 Å². The van der Waals surface area contributed by atoms with E-state index in [2.05, 4.69) is 9.59 Å². The Balaban J connectivity index is 2.42. The lowest BCUT2D eigenvalue weighted by atomic mass is 10.1. The van der Waals surface area contributed by atoms with Crippen molar-refractivity contribution in [3.05, 3.63) is 44.9 Å². The van der Waals surface area contributed by atoms with Gasteiger partial charge in [0.15, 0.2) is 0 Å². The molecule has 1 aromatic heterocycles. The zero-order valence-electron chi connectivity index (χ0n) is 7.39. The fourth-order valence-corrected chi connectivity index (χ4v) is 2.07. The van der Waals surface area contributed by atoms with Gasteiger partial charge < -0.3 is 5.11 Å². The standard InChI is InChI=1S/C9H6Cl2N2OS/c10-6-3-1-2-5(8(6)11)9(14)7-4-15-13-12-7/h1-4,9,14H. The molecule has 3 nitrogen and oxygen atoms in total. The first-order valence-electron chi connectivity index (χ1n) is 4.09. The maximum absolute atomic E-state index is 9.95. The van der Waals surface area contributed by atoms with E-state index in [4.69, 9.17) is 23.2 Å². The lowest BCUT2D eigenvalue weighted by Gasteiger charge is -2.10. The molecule has 1 unspecified atom stereocenters. The van der Waals surface area contributed by atoms with E-state index in [9.17, 15) is 5.11 Å². The molecule has 6 heteroatoms. The topological polar surface area (TPSA) is 46.0 Å². The third kappa shape index (κ3) is 2.13. The van der Waals surface area contributed by atoms with Crippen LogP contribution in [0, 0.1) is 0 Å². The number of aromatic nitrogens is 2. The highest BCUT2D eigenvalue weighted by molar-refractivity contribution is 7.03. The van der Waals surface area contributed by atoms with E-state index in [1.165, 1.54) is 11.5 Å². The van der Waals surface area contributed by atoms with Crippen LogP contribution < -0.4 is 0 Å². The van der Waals surface area contributed by atoms with Crippen molar-refractivity contribution >= 4 is 34.7 Å². The van der Waals surface area contributed by atoms with E-state index in [1.807, 2.05) is 0 Å². The summed E-state index contributed by atoms with van der Waals surface area (Å²) in [5.41, 5.74) is 1.01. The number of aliphatic hydroxyl groups excluding tert-OH is 1. The highest BCUT2D eigenvalue weighted by Gasteiger charge is 2.17. The van der Waals surface area contributed by atoms with Gasteiger partial charge in [-0.15, -0.1) is 5.10 Å². The van der Waals surface area contributed by atoms with Crippen molar-refractivity contribution in [2.75, 3.05) is 0 Å². The van der Waals surface area contributed by atoms with Gasteiger partial charge in [0, 0.05) is 10.9 Å². The molecule has 1 N–H and O–H groups in total. The molecular weight excluding hydrogens is 255 g/mol. The average molecular weight is 261 g/mol. The molecule has 0 aliphatic carbocycles. The third-order valence-corrected chi connectivity index (χ3v) is 3.29. The summed E-state index contributed by atoms with van der Waals surface area (Å²) >= 11 is 13.0. The van der Waals surface area contributed by atoms with E-state index >= 15 is 0 Å². The second-order valence-electron chi connectivity index (χ2n) is 2.88. The molecule has 0 bridgehead atoms. The highest BCUT2D eigenvalue weighted by Crippen LogP contribution is 2.32. The molecule has 1 aromatic carbocycles. The maximum Gasteiger partial charge on any atom is 0.125 e. The Morgan fingerprint density at radius 1 is 1.33 bits per heavy atom. The van der Waals surface area contributed by atoms with Crippen molar-refractivity contribution in [1.82, 2.24) is 9.59 Å². The number of aliphatic hydroxyl groups is 1. The number of hydrogen-bond acceptors (Lipinski definition) is 4. The Labute approximate surface area is 100 Å². The number of halogens is 2. The van der Waals surface area contributed by atoms with Crippen molar-refractivity contribution < 1.29 is 5.11 Å². The largest absolute Gasteiger partial charge is 0.382 e. The molecule has 0 aliphatic heterocycles. The third-order valence-electron chi connectivity index (χ3n) is 1.93. The fourth-order valence-electron chi connectivity index (χ4n) is 1.18. The molecule has 0 saturated carbocycles. The van der Waals surface area contributed by atoms with Gasteiger partial charge in [-0.2, -0.15) is 0 Å². The van der Waals surface area contributed by atoms with E-state index in [1.54, 1.807) is 23.6 Å². The SMILES string of the molecule is OC(c1csnn1)c1cccc(Cl)c1Cl. The molecular formula is C9H6Cl2N2OS. The summed E-state index contributed by atoms with van der Waals surface area (Å²) < 4.78 is 3.68. The molecule has 2 aromatic rings. The number of hydrogen-bond donors (Lipinski definition) is 1. The van der Waals surface area contributed by atoms with E-state index in [-0.39, 0.29) is 0 Å². The molecule has 0 spiro atoms. The highest BCUT2D eigenvalue weighted by atomic mass is 35.5. The second-order valence-corrected chi connectivity index (χ2v) is 4.27. The molecule has 0 radical (unpaired) electrons. The van der Waals surface area contributed by atoms with Crippen molar-refractivity contribution in [1.29, 1.82) is 0 Å². The summed E-state index contributed by atoms with van der Waals surface area (Å²) in [5.74, 6) is 0. The molecule has 0 fully saturated rings. The molecule has 1 heterocycles. The van der Waals surface area contributed by atoms with Gasteiger partial charge in [0.05, 0.1) is 10.0 Å². The molecule has 78 valence electrons. The van der Waals surface area contributed by atoms with Gasteiger partial charge in [-0.25, -0.2) is 0 Å². The molecule has 0 saturated heterocycles. The van der Waals surface area contributed by atoms with Gasteiger partial charge in [-0.1, -0.05) is 39.8 Å². The van der Waals surface area contributed by atoms with Gasteiger partial charge in [0.25, 0.3) is 0 Å². The Kier molecular flexibility index (Phi) is 3.21. The second kappa shape index (κ2) is 4.45. The number of benzene rings is 1. The van der Waals surface area contributed by atoms with Crippen LogP contribution in [0.15, 0.2) is 23.6 Å². The summed E-state index contributed by atoms with van der Waals surface area (Å²) in [7, 11) is 0. The lowest BCUT2D eigenvalue weighted by molar-refractivity contribution is 0.215. The first kappa shape index (κ1) is 10.8. The van der Waals surface area contributed by atoms with Crippen LogP contribution in [0.25, 0.3) is 0 Å². The predicted molar refractivity (Wildman–Crippen MR) is 60.4 cm³/mol. The van der Waals surface area contributed by atoms with Crippen molar-refractivity contribution in [2.24, 2.45) is 0 Å². The van der Waals surface area contributed by atoms with Crippen LogP contribution in [0.3, 0.4) is 0 Å². The van der Waals surface area contributed by atoms with Crippen molar-refractivity contribution in [3.63, 3.8) is 0 Å².